The van der Waals surface area contributed by atoms with Gasteiger partial charge in [0.25, 0.3) is 0 Å². The van der Waals surface area contributed by atoms with Gasteiger partial charge < -0.3 is 24.8 Å². The quantitative estimate of drug-likeness (QED) is 0.218. The van der Waals surface area contributed by atoms with Crippen LogP contribution in [0.1, 0.15) is 64.5 Å². The number of benzene rings is 2. The van der Waals surface area contributed by atoms with Gasteiger partial charge in [-0.25, -0.2) is 0 Å². The first-order valence-electron chi connectivity index (χ1n) is 12.3. The number of fused-ring (bicyclic) bond motifs is 2. The fourth-order valence-electron chi connectivity index (χ4n) is 3.77. The Hall–Kier alpha value is -0.660. The zero-order chi connectivity index (χ0) is 22.3. The molecular formula is C30H41Cl2SiZr. The summed E-state index contributed by atoms with van der Waals surface area (Å²) in [7, 11) is 0.815. The molecule has 0 saturated heterocycles. The smallest absolute Gasteiger partial charge is 1.00 e. The van der Waals surface area contributed by atoms with E-state index in [1.165, 1.54) is 83.3 Å². The van der Waals surface area contributed by atoms with E-state index in [2.05, 4.69) is 100 Å². The number of hydrogen-bond donors (Lipinski definition) is 0. The van der Waals surface area contributed by atoms with E-state index in [4.69, 9.17) is 0 Å². The molecule has 0 amide bonds. The molecule has 183 valence electrons. The van der Waals surface area contributed by atoms with E-state index in [9.17, 15) is 0 Å². The van der Waals surface area contributed by atoms with Crippen LogP contribution in [0.25, 0.3) is 21.5 Å². The maximum Gasteiger partial charge on any atom is 4.00 e. The Kier molecular flexibility index (Phi) is 22.6. The topological polar surface area (TPSA) is 0 Å². The molecule has 0 aromatic heterocycles. The number of halogens is 2. The Balaban J connectivity index is 0. The van der Waals surface area contributed by atoms with Crippen LogP contribution in [-0.2, 0) is 39.0 Å². The van der Waals surface area contributed by atoms with Crippen molar-refractivity contribution in [1.82, 2.24) is 0 Å². The standard InChI is InChI=1S/2C13H15.C4H11Si.2ClH.Zr/c2*1-2-3-6-11-9-12-7-4-5-8-13(12)10-11;1-3-5-4-2;;;/h2*4-5,7-10H,2-3,6H2,1H3;5H,3-4H2,1-2H3;2*1H;/q2*-1;;;;+4/p-2. The summed E-state index contributed by atoms with van der Waals surface area (Å²) in [5, 5.41) is 5.53. The molecule has 4 aromatic rings. The van der Waals surface area contributed by atoms with Crippen LogP contribution < -0.4 is 24.8 Å². The van der Waals surface area contributed by atoms with E-state index >= 15 is 0 Å². The molecule has 0 N–H and O–H groups in total. The number of rotatable bonds is 8. The van der Waals surface area contributed by atoms with Crippen molar-refractivity contribution in [2.75, 3.05) is 0 Å². The van der Waals surface area contributed by atoms with Crippen LogP contribution in [-0.4, -0.2) is 9.52 Å². The molecule has 34 heavy (non-hydrogen) atoms. The summed E-state index contributed by atoms with van der Waals surface area (Å²) in [5.41, 5.74) is 2.98. The third-order valence-electron chi connectivity index (χ3n) is 5.57. The molecule has 4 aromatic carbocycles. The second-order valence-electron chi connectivity index (χ2n) is 8.30. The summed E-state index contributed by atoms with van der Waals surface area (Å²) in [6.45, 7) is 8.98. The van der Waals surface area contributed by atoms with Crippen LogP contribution in [0.15, 0.2) is 72.8 Å². The second-order valence-corrected chi connectivity index (χ2v) is 10.5. The zero-order valence-electron chi connectivity index (χ0n) is 21.4. The first-order chi connectivity index (χ1) is 15.2. The molecule has 4 rings (SSSR count). The predicted molar refractivity (Wildman–Crippen MR) is 144 cm³/mol. The summed E-state index contributed by atoms with van der Waals surface area (Å²) in [5.74, 6) is 0. The minimum absolute atomic E-state index is 0. The van der Waals surface area contributed by atoms with Gasteiger partial charge in [-0.1, -0.05) is 77.6 Å². The summed E-state index contributed by atoms with van der Waals surface area (Å²) >= 11 is 0. The SMILES string of the molecule is CCCCc1cc2ccccc2[cH-]1.CCCCc1cc2ccccc2[cH-]1.CC[SiH]CC.[Cl-].[Cl-].[Zr+4]. The van der Waals surface area contributed by atoms with E-state index in [0.29, 0.717) is 0 Å². The van der Waals surface area contributed by atoms with Gasteiger partial charge in [0.15, 0.2) is 0 Å². The van der Waals surface area contributed by atoms with Crippen LogP contribution >= 0.6 is 0 Å². The van der Waals surface area contributed by atoms with Gasteiger partial charge >= 0.3 is 26.2 Å². The van der Waals surface area contributed by atoms with Crippen molar-refractivity contribution in [1.29, 1.82) is 0 Å². The molecule has 0 saturated carbocycles. The van der Waals surface area contributed by atoms with Gasteiger partial charge in [-0.3, -0.25) is 0 Å². The molecule has 0 fully saturated rings. The minimum atomic E-state index is 0. The van der Waals surface area contributed by atoms with Gasteiger partial charge in [-0.2, -0.15) is 12.1 Å². The molecule has 0 aliphatic heterocycles. The molecule has 0 aliphatic rings. The maximum absolute atomic E-state index is 2.31. The average molecular weight is 592 g/mol. The van der Waals surface area contributed by atoms with Crippen molar-refractivity contribution in [2.24, 2.45) is 0 Å². The molecule has 0 bridgehead atoms. The summed E-state index contributed by atoms with van der Waals surface area (Å²) in [4.78, 5) is 0. The second kappa shape index (κ2) is 21.6. The Labute approximate surface area is 242 Å². The molecule has 0 atom stereocenters. The van der Waals surface area contributed by atoms with Crippen LogP contribution in [0.5, 0.6) is 0 Å². The van der Waals surface area contributed by atoms with Crippen molar-refractivity contribution < 1.29 is 51.0 Å². The van der Waals surface area contributed by atoms with E-state index in [-0.39, 0.29) is 51.0 Å². The fraction of sp³-hybridized carbons (Fsp3) is 0.400. The number of hydrogen-bond acceptors (Lipinski definition) is 0. The van der Waals surface area contributed by atoms with Gasteiger partial charge in [-0.05, 0) is 12.8 Å². The monoisotopic (exact) mass is 589 g/mol. The van der Waals surface area contributed by atoms with Gasteiger partial charge in [0.05, 0.1) is 0 Å². The van der Waals surface area contributed by atoms with Crippen molar-refractivity contribution >= 4 is 31.1 Å². The molecule has 4 heteroatoms. The average Bonchev–Trinajstić information content (AvgIpc) is 3.41. The summed E-state index contributed by atoms with van der Waals surface area (Å²) in [6, 6.07) is 29.2. The van der Waals surface area contributed by atoms with E-state index in [1.54, 1.807) is 0 Å². The minimum Gasteiger partial charge on any atom is -1.00 e. The van der Waals surface area contributed by atoms with Crippen molar-refractivity contribution in [2.45, 2.75) is 78.3 Å². The fourth-order valence-corrected chi connectivity index (χ4v) is 4.35. The summed E-state index contributed by atoms with van der Waals surface area (Å²) < 4.78 is 0. The number of aryl methyl sites for hydroxylation is 2. The first kappa shape index (κ1) is 35.5. The molecule has 0 spiro atoms. The van der Waals surface area contributed by atoms with Crippen LogP contribution in [0.2, 0.25) is 12.1 Å². The number of unbranched alkanes of at least 4 members (excludes halogenated alkanes) is 2. The Morgan fingerprint density at radius 3 is 1.29 bits per heavy atom. The van der Waals surface area contributed by atoms with Gasteiger partial charge in [-0.15, -0.1) is 81.2 Å². The van der Waals surface area contributed by atoms with E-state index in [1.807, 2.05) is 0 Å². The molecule has 1 radical (unpaired) electrons. The Morgan fingerprint density at radius 1 is 0.618 bits per heavy atom. The normalized spacial score (nSPS) is 9.53. The molecule has 0 aliphatic carbocycles. The first-order valence-corrected chi connectivity index (χ1v) is 13.9. The van der Waals surface area contributed by atoms with Gasteiger partial charge in [0, 0.05) is 9.52 Å². The Bertz CT molecular complexity index is 843. The molecule has 0 nitrogen and oxygen atoms in total. The van der Waals surface area contributed by atoms with Crippen molar-refractivity contribution in [3.8, 4) is 0 Å². The van der Waals surface area contributed by atoms with Crippen LogP contribution in [0.3, 0.4) is 0 Å². The van der Waals surface area contributed by atoms with E-state index in [0.717, 1.165) is 9.52 Å². The predicted octanol–water partition coefficient (Wildman–Crippen LogP) is 3.11. The van der Waals surface area contributed by atoms with Crippen molar-refractivity contribution in [3.05, 3.63) is 83.9 Å². The molecular weight excluding hydrogens is 551 g/mol. The maximum atomic E-state index is 2.31. The van der Waals surface area contributed by atoms with Gasteiger partial charge in [0.1, 0.15) is 0 Å². The molecule has 0 unspecified atom stereocenters. The van der Waals surface area contributed by atoms with Gasteiger partial charge in [0.2, 0.25) is 0 Å². The third-order valence-corrected chi connectivity index (χ3v) is 6.73. The van der Waals surface area contributed by atoms with E-state index < -0.39 is 0 Å². The summed E-state index contributed by atoms with van der Waals surface area (Å²) in [6.07, 6.45) is 7.62. The largest absolute Gasteiger partial charge is 4.00 e. The Morgan fingerprint density at radius 2 is 1.00 bits per heavy atom. The van der Waals surface area contributed by atoms with Crippen LogP contribution in [0.4, 0.5) is 0 Å². The van der Waals surface area contributed by atoms with Crippen molar-refractivity contribution in [3.63, 3.8) is 0 Å². The van der Waals surface area contributed by atoms with Crippen LogP contribution in [0, 0.1) is 0 Å². The molecule has 0 heterocycles. The third kappa shape index (κ3) is 12.9. The zero-order valence-corrected chi connectivity index (χ0v) is 26.5.